The Bertz CT molecular complexity index is 724. The van der Waals surface area contributed by atoms with Crippen molar-refractivity contribution in [3.63, 3.8) is 0 Å². The normalized spacial score (nSPS) is 12.8. The summed E-state index contributed by atoms with van der Waals surface area (Å²) in [6.07, 6.45) is 0. The zero-order valence-corrected chi connectivity index (χ0v) is 12.1. The number of rotatable bonds is 5. The van der Waals surface area contributed by atoms with Gasteiger partial charge in [0.25, 0.3) is 0 Å². The molecule has 110 valence electrons. The second kappa shape index (κ2) is 6.07. The van der Waals surface area contributed by atoms with Gasteiger partial charge in [0.15, 0.2) is 0 Å². The molecule has 0 aliphatic carbocycles. The quantitative estimate of drug-likeness (QED) is 0.883. The molecular formula is C15H14NO4S-. The van der Waals surface area contributed by atoms with Gasteiger partial charge in [-0.05, 0) is 24.6 Å². The Kier molecular flexibility index (Phi) is 4.40. The van der Waals surface area contributed by atoms with Gasteiger partial charge in [-0.25, -0.2) is 8.42 Å². The lowest BCUT2D eigenvalue weighted by molar-refractivity contribution is -0.308. The molecule has 0 amide bonds. The molecule has 6 heteroatoms. The van der Waals surface area contributed by atoms with E-state index >= 15 is 0 Å². The highest BCUT2D eigenvalue weighted by Crippen LogP contribution is 2.17. The van der Waals surface area contributed by atoms with E-state index in [4.69, 9.17) is 0 Å². The second-order valence-electron chi connectivity index (χ2n) is 4.60. The fourth-order valence-corrected chi connectivity index (χ4v) is 3.01. The molecule has 0 heterocycles. The molecule has 0 aliphatic heterocycles. The van der Waals surface area contributed by atoms with E-state index in [-0.39, 0.29) is 4.90 Å². The van der Waals surface area contributed by atoms with Gasteiger partial charge in [-0.15, -0.1) is 0 Å². The van der Waals surface area contributed by atoms with Crippen molar-refractivity contribution in [3.8, 4) is 0 Å². The van der Waals surface area contributed by atoms with E-state index in [0.717, 1.165) is 5.56 Å². The number of carbonyl (C=O) groups is 1. The van der Waals surface area contributed by atoms with Crippen molar-refractivity contribution < 1.29 is 18.3 Å². The molecule has 21 heavy (non-hydrogen) atoms. The first-order valence-electron chi connectivity index (χ1n) is 6.25. The predicted molar refractivity (Wildman–Crippen MR) is 75.7 cm³/mol. The molecule has 1 atom stereocenters. The third-order valence-corrected chi connectivity index (χ3v) is 4.41. The maximum atomic E-state index is 12.2. The largest absolute Gasteiger partial charge is 0.548 e. The summed E-state index contributed by atoms with van der Waals surface area (Å²) in [5, 5.41) is 11.2. The number of benzene rings is 2. The lowest BCUT2D eigenvalue weighted by atomic mass is 10.1. The molecule has 0 aliphatic rings. The van der Waals surface area contributed by atoms with Crippen LogP contribution in [-0.4, -0.2) is 14.4 Å². The first-order valence-corrected chi connectivity index (χ1v) is 7.73. The Morgan fingerprint density at radius 1 is 1.05 bits per heavy atom. The molecular weight excluding hydrogens is 290 g/mol. The Hall–Kier alpha value is -2.18. The lowest BCUT2D eigenvalue weighted by Gasteiger charge is -2.20. The molecule has 2 rings (SSSR count). The number of hydrogen-bond donors (Lipinski definition) is 1. The fraction of sp³-hybridized carbons (Fsp3) is 0.133. The van der Waals surface area contributed by atoms with Crippen LogP contribution >= 0.6 is 0 Å². The molecule has 0 radical (unpaired) electrons. The van der Waals surface area contributed by atoms with Gasteiger partial charge in [0.1, 0.15) is 0 Å². The highest BCUT2D eigenvalue weighted by Gasteiger charge is 2.22. The van der Waals surface area contributed by atoms with Gasteiger partial charge < -0.3 is 9.90 Å². The first kappa shape index (κ1) is 15.2. The summed E-state index contributed by atoms with van der Waals surface area (Å²) in [7, 11) is -3.94. The number of aryl methyl sites for hydroxylation is 1. The van der Waals surface area contributed by atoms with Crippen LogP contribution in [0, 0.1) is 6.92 Å². The zero-order chi connectivity index (χ0) is 15.5. The maximum absolute atomic E-state index is 12.2. The zero-order valence-electron chi connectivity index (χ0n) is 11.3. The van der Waals surface area contributed by atoms with E-state index in [1.807, 2.05) is 6.92 Å². The van der Waals surface area contributed by atoms with Crippen molar-refractivity contribution in [2.24, 2.45) is 0 Å². The van der Waals surface area contributed by atoms with E-state index in [2.05, 4.69) is 4.72 Å². The lowest BCUT2D eigenvalue weighted by Crippen LogP contribution is -2.41. The highest BCUT2D eigenvalue weighted by atomic mass is 32.2. The third-order valence-electron chi connectivity index (χ3n) is 2.97. The number of sulfonamides is 1. The molecule has 0 fully saturated rings. The van der Waals surface area contributed by atoms with Crippen LogP contribution in [0.2, 0.25) is 0 Å². The SMILES string of the molecule is Cc1ccc(S(=O)(=O)NC(C(=O)[O-])c2ccccc2)cc1. The summed E-state index contributed by atoms with van der Waals surface area (Å²) >= 11 is 0. The minimum atomic E-state index is -3.94. The summed E-state index contributed by atoms with van der Waals surface area (Å²) in [5.74, 6) is -1.50. The minimum absolute atomic E-state index is 0.00952. The average molecular weight is 304 g/mol. The fourth-order valence-electron chi connectivity index (χ4n) is 1.84. The number of carboxylic acid groups (broad SMARTS) is 1. The summed E-state index contributed by atoms with van der Waals surface area (Å²) in [5.41, 5.74) is 1.22. The van der Waals surface area contributed by atoms with Crippen LogP contribution in [0.1, 0.15) is 17.2 Å². The molecule has 1 N–H and O–H groups in total. The number of hydrogen-bond acceptors (Lipinski definition) is 4. The van der Waals surface area contributed by atoms with Gasteiger partial charge in [0, 0.05) is 0 Å². The summed E-state index contributed by atoms with van der Waals surface area (Å²) in [6.45, 7) is 1.83. The molecule has 0 spiro atoms. The molecule has 2 aromatic carbocycles. The molecule has 0 saturated carbocycles. The minimum Gasteiger partial charge on any atom is -0.548 e. The molecule has 1 unspecified atom stereocenters. The monoisotopic (exact) mass is 304 g/mol. The molecule has 0 saturated heterocycles. The topological polar surface area (TPSA) is 86.3 Å². The van der Waals surface area contributed by atoms with Crippen LogP contribution in [0.4, 0.5) is 0 Å². The van der Waals surface area contributed by atoms with E-state index in [0.29, 0.717) is 5.56 Å². The molecule has 0 aromatic heterocycles. The Morgan fingerprint density at radius 3 is 2.14 bits per heavy atom. The second-order valence-corrected chi connectivity index (χ2v) is 6.31. The van der Waals surface area contributed by atoms with Crippen LogP contribution in [0.25, 0.3) is 0 Å². The van der Waals surface area contributed by atoms with Crippen LogP contribution < -0.4 is 9.83 Å². The Labute approximate surface area is 123 Å². The van der Waals surface area contributed by atoms with Gasteiger partial charge in [-0.1, -0.05) is 48.0 Å². The standard InChI is InChI=1S/C15H15NO4S/c1-11-7-9-13(10-8-11)21(19,20)16-14(15(17)18)12-5-3-2-4-6-12/h2-10,14,16H,1H3,(H,17,18)/p-1. The molecule has 5 nitrogen and oxygen atoms in total. The van der Waals surface area contributed by atoms with Gasteiger partial charge in [0.2, 0.25) is 10.0 Å². The van der Waals surface area contributed by atoms with Gasteiger partial charge in [0.05, 0.1) is 16.9 Å². The first-order chi connectivity index (χ1) is 9.90. The van der Waals surface area contributed by atoms with Crippen LogP contribution in [0.15, 0.2) is 59.5 Å². The number of carbonyl (C=O) groups excluding carboxylic acids is 1. The average Bonchev–Trinajstić information content (AvgIpc) is 2.46. The van der Waals surface area contributed by atoms with E-state index in [1.165, 1.54) is 24.3 Å². The highest BCUT2D eigenvalue weighted by molar-refractivity contribution is 7.89. The summed E-state index contributed by atoms with van der Waals surface area (Å²) in [6, 6.07) is 12.7. The molecule has 2 aromatic rings. The Morgan fingerprint density at radius 2 is 1.62 bits per heavy atom. The van der Waals surface area contributed by atoms with Crippen molar-refractivity contribution in [1.82, 2.24) is 4.72 Å². The number of nitrogens with one attached hydrogen (secondary N) is 1. The molecule has 0 bridgehead atoms. The van der Waals surface area contributed by atoms with E-state index in [1.54, 1.807) is 30.3 Å². The summed E-state index contributed by atoms with van der Waals surface area (Å²) < 4.78 is 26.6. The van der Waals surface area contributed by atoms with E-state index in [9.17, 15) is 18.3 Å². The van der Waals surface area contributed by atoms with Crippen molar-refractivity contribution in [2.75, 3.05) is 0 Å². The Balaban J connectivity index is 2.32. The van der Waals surface area contributed by atoms with Crippen molar-refractivity contribution in [1.29, 1.82) is 0 Å². The van der Waals surface area contributed by atoms with Crippen molar-refractivity contribution >= 4 is 16.0 Å². The number of carboxylic acids is 1. The van der Waals surface area contributed by atoms with Gasteiger partial charge >= 0.3 is 0 Å². The van der Waals surface area contributed by atoms with Crippen molar-refractivity contribution in [2.45, 2.75) is 17.9 Å². The maximum Gasteiger partial charge on any atom is 0.241 e. The summed E-state index contributed by atoms with van der Waals surface area (Å²) in [4.78, 5) is 11.2. The number of aliphatic carboxylic acids is 1. The predicted octanol–water partition coefficient (Wildman–Crippen LogP) is 0.765. The van der Waals surface area contributed by atoms with Gasteiger partial charge in [-0.3, -0.25) is 0 Å². The third kappa shape index (κ3) is 3.68. The van der Waals surface area contributed by atoms with Gasteiger partial charge in [-0.2, -0.15) is 4.72 Å². The van der Waals surface area contributed by atoms with Crippen LogP contribution in [-0.2, 0) is 14.8 Å². The van der Waals surface area contributed by atoms with E-state index < -0.39 is 22.0 Å². The smallest absolute Gasteiger partial charge is 0.241 e. The van der Waals surface area contributed by atoms with Crippen molar-refractivity contribution in [3.05, 3.63) is 65.7 Å². The van der Waals surface area contributed by atoms with Crippen LogP contribution in [0.5, 0.6) is 0 Å². The van der Waals surface area contributed by atoms with Crippen LogP contribution in [0.3, 0.4) is 0 Å².